The fourth-order valence-corrected chi connectivity index (χ4v) is 6.69. The molecule has 0 aliphatic heterocycles. The highest BCUT2D eigenvalue weighted by atomic mass is 32.2. The first kappa shape index (κ1) is 35.0. The third-order valence-electron chi connectivity index (χ3n) is 7.97. The van der Waals surface area contributed by atoms with Crippen molar-refractivity contribution < 1.29 is 27.5 Å². The number of ether oxygens (including phenoxy) is 2. The van der Waals surface area contributed by atoms with Crippen LogP contribution in [0.3, 0.4) is 0 Å². The molecule has 0 aliphatic rings. The average molecular weight is 658 g/mol. The monoisotopic (exact) mass is 657 g/mol. The van der Waals surface area contributed by atoms with E-state index in [0.29, 0.717) is 18.0 Å². The molecule has 47 heavy (non-hydrogen) atoms. The summed E-state index contributed by atoms with van der Waals surface area (Å²) in [6.07, 6.45) is 1.95. The zero-order valence-electron chi connectivity index (χ0n) is 27.4. The fraction of sp³-hybridized carbons (Fsp3) is 0.297. The molecule has 1 atom stereocenters. The molecule has 0 aliphatic carbocycles. The van der Waals surface area contributed by atoms with E-state index in [2.05, 4.69) is 5.32 Å². The molecule has 4 rings (SSSR count). The highest BCUT2D eigenvalue weighted by molar-refractivity contribution is 7.92. The molecule has 0 saturated carbocycles. The second kappa shape index (κ2) is 16.6. The van der Waals surface area contributed by atoms with Crippen LogP contribution in [-0.4, -0.2) is 58.5 Å². The molecule has 1 N–H and O–H groups in total. The summed E-state index contributed by atoms with van der Waals surface area (Å²) in [4.78, 5) is 29.9. The Morgan fingerprint density at radius 2 is 1.47 bits per heavy atom. The Hall–Kier alpha value is -4.83. The Kier molecular flexibility index (Phi) is 12.4. The van der Waals surface area contributed by atoms with Crippen LogP contribution in [0.15, 0.2) is 108 Å². The number of nitrogens with zero attached hydrogens (tertiary/aromatic N) is 2. The van der Waals surface area contributed by atoms with E-state index in [1.165, 1.54) is 37.3 Å². The molecule has 0 radical (unpaired) electrons. The zero-order valence-corrected chi connectivity index (χ0v) is 28.2. The van der Waals surface area contributed by atoms with Crippen molar-refractivity contribution in [2.45, 2.75) is 50.6 Å². The highest BCUT2D eigenvalue weighted by Gasteiger charge is 2.35. The predicted molar refractivity (Wildman–Crippen MR) is 184 cm³/mol. The largest absolute Gasteiger partial charge is 0.493 e. The van der Waals surface area contributed by atoms with Gasteiger partial charge < -0.3 is 19.7 Å². The second-order valence-electron chi connectivity index (χ2n) is 11.2. The lowest BCUT2D eigenvalue weighted by Gasteiger charge is -2.34. The summed E-state index contributed by atoms with van der Waals surface area (Å²) in [5.74, 6) is -0.206. The summed E-state index contributed by atoms with van der Waals surface area (Å²) in [6, 6.07) is 29.0. The molecule has 0 aromatic heterocycles. The lowest BCUT2D eigenvalue weighted by Crippen LogP contribution is -2.53. The predicted octanol–water partition coefficient (Wildman–Crippen LogP) is 5.76. The molecule has 0 fully saturated rings. The molecule has 0 unspecified atom stereocenters. The Bertz CT molecular complexity index is 1730. The van der Waals surface area contributed by atoms with E-state index >= 15 is 0 Å². The molecule has 4 aromatic carbocycles. The lowest BCUT2D eigenvalue weighted by molar-refractivity contribution is -0.140. The number of sulfonamides is 1. The summed E-state index contributed by atoms with van der Waals surface area (Å²) >= 11 is 0. The molecule has 2 amide bonds. The van der Waals surface area contributed by atoms with Crippen molar-refractivity contribution in [2.24, 2.45) is 0 Å². The van der Waals surface area contributed by atoms with Gasteiger partial charge in [-0.1, -0.05) is 86.1 Å². The van der Waals surface area contributed by atoms with Gasteiger partial charge >= 0.3 is 0 Å². The fourth-order valence-electron chi connectivity index (χ4n) is 5.26. The van der Waals surface area contributed by atoms with Gasteiger partial charge in [0.15, 0.2) is 11.5 Å². The third-order valence-corrected chi connectivity index (χ3v) is 9.74. The zero-order chi connectivity index (χ0) is 33.8. The number of methoxy groups -OCH3 is 2. The quantitative estimate of drug-likeness (QED) is 0.154. The van der Waals surface area contributed by atoms with Gasteiger partial charge in [0, 0.05) is 25.6 Å². The topological polar surface area (TPSA) is 105 Å². The number of amides is 2. The van der Waals surface area contributed by atoms with Crippen LogP contribution in [0.5, 0.6) is 11.5 Å². The summed E-state index contributed by atoms with van der Waals surface area (Å²) in [5.41, 5.74) is 2.99. The van der Waals surface area contributed by atoms with E-state index in [0.717, 1.165) is 33.8 Å². The number of rotatable bonds is 16. The van der Waals surface area contributed by atoms with E-state index < -0.39 is 28.5 Å². The van der Waals surface area contributed by atoms with E-state index in [1.54, 1.807) is 30.3 Å². The van der Waals surface area contributed by atoms with Gasteiger partial charge in [0.1, 0.15) is 12.6 Å². The first-order valence-corrected chi connectivity index (χ1v) is 17.1. The first-order chi connectivity index (χ1) is 22.7. The number of carbonyl (C=O) groups is 2. The third kappa shape index (κ3) is 8.92. The van der Waals surface area contributed by atoms with Gasteiger partial charge in [0.25, 0.3) is 10.0 Å². The van der Waals surface area contributed by atoms with Gasteiger partial charge in [-0.3, -0.25) is 13.9 Å². The second-order valence-corrected chi connectivity index (χ2v) is 13.0. The SMILES string of the molecule is CCCCNC(=O)[C@@H](Cc1ccccc1)N(Cc1ccccc1C)C(=O)CN(c1ccccc1)S(=O)(=O)c1ccc(OC)c(OC)c1. The highest BCUT2D eigenvalue weighted by Crippen LogP contribution is 2.32. The minimum atomic E-state index is -4.29. The number of carbonyl (C=O) groups excluding carboxylic acids is 2. The number of nitrogens with one attached hydrogen (secondary N) is 1. The van der Waals surface area contributed by atoms with Gasteiger partial charge in [-0.05, 0) is 54.3 Å². The normalized spacial score (nSPS) is 11.7. The number of hydrogen-bond donors (Lipinski definition) is 1. The average Bonchev–Trinajstić information content (AvgIpc) is 3.09. The minimum absolute atomic E-state index is 0.0737. The van der Waals surface area contributed by atoms with Crippen molar-refractivity contribution in [3.63, 3.8) is 0 Å². The van der Waals surface area contributed by atoms with Crippen LogP contribution in [0.4, 0.5) is 5.69 Å². The molecule has 0 heterocycles. The smallest absolute Gasteiger partial charge is 0.264 e. The van der Waals surface area contributed by atoms with Crippen LogP contribution in [-0.2, 0) is 32.6 Å². The molecular formula is C37H43N3O6S. The van der Waals surface area contributed by atoms with Gasteiger partial charge in [0.05, 0.1) is 24.8 Å². The van der Waals surface area contributed by atoms with E-state index in [4.69, 9.17) is 9.47 Å². The number of para-hydroxylation sites is 1. The van der Waals surface area contributed by atoms with Crippen LogP contribution in [0.1, 0.15) is 36.5 Å². The van der Waals surface area contributed by atoms with E-state index in [-0.39, 0.29) is 29.5 Å². The number of unbranched alkanes of at least 4 members (excludes halogenated alkanes) is 1. The minimum Gasteiger partial charge on any atom is -0.493 e. The van der Waals surface area contributed by atoms with Crippen LogP contribution in [0, 0.1) is 6.92 Å². The van der Waals surface area contributed by atoms with Crippen LogP contribution < -0.4 is 19.1 Å². The summed E-state index contributed by atoms with van der Waals surface area (Å²) in [5, 5.41) is 3.01. The van der Waals surface area contributed by atoms with Crippen LogP contribution in [0.25, 0.3) is 0 Å². The van der Waals surface area contributed by atoms with Crippen molar-refractivity contribution >= 4 is 27.5 Å². The molecule has 0 spiro atoms. The van der Waals surface area contributed by atoms with Gasteiger partial charge in [-0.25, -0.2) is 8.42 Å². The molecular weight excluding hydrogens is 614 g/mol. The summed E-state index contributed by atoms with van der Waals surface area (Å²) in [7, 11) is -1.40. The Labute approximate surface area is 278 Å². The summed E-state index contributed by atoms with van der Waals surface area (Å²) < 4.78 is 40.4. The number of benzene rings is 4. The van der Waals surface area contributed by atoms with Gasteiger partial charge in [-0.15, -0.1) is 0 Å². The van der Waals surface area contributed by atoms with Crippen molar-refractivity contribution in [3.8, 4) is 11.5 Å². The molecule has 0 saturated heterocycles. The van der Waals surface area contributed by atoms with Crippen molar-refractivity contribution in [3.05, 3.63) is 120 Å². The van der Waals surface area contributed by atoms with Crippen LogP contribution in [0.2, 0.25) is 0 Å². The van der Waals surface area contributed by atoms with Crippen molar-refractivity contribution in [1.82, 2.24) is 10.2 Å². The molecule has 10 heteroatoms. The van der Waals surface area contributed by atoms with Crippen molar-refractivity contribution in [1.29, 1.82) is 0 Å². The summed E-state index contributed by atoms with van der Waals surface area (Å²) in [6.45, 7) is 4.03. The lowest BCUT2D eigenvalue weighted by atomic mass is 10.0. The van der Waals surface area contributed by atoms with E-state index in [1.807, 2.05) is 68.4 Å². The molecule has 248 valence electrons. The van der Waals surface area contributed by atoms with Gasteiger partial charge in [-0.2, -0.15) is 0 Å². The number of anilines is 1. The molecule has 4 aromatic rings. The maximum absolute atomic E-state index is 14.6. The maximum atomic E-state index is 14.6. The molecule has 0 bridgehead atoms. The standard InChI is InChI=1S/C37H43N3O6S/c1-5-6-23-38-37(42)33(24-29-16-9-7-10-17-29)39(26-30-18-14-13-15-28(30)2)36(41)27-40(31-19-11-8-12-20-31)47(43,44)32-21-22-34(45-3)35(25-32)46-4/h7-22,25,33H,5-6,23-24,26-27H2,1-4H3,(H,38,42)/t33-/m1/s1. The van der Waals surface area contributed by atoms with E-state index in [9.17, 15) is 18.0 Å². The first-order valence-electron chi connectivity index (χ1n) is 15.6. The Balaban J connectivity index is 1.80. The van der Waals surface area contributed by atoms with Gasteiger partial charge in [0.2, 0.25) is 11.8 Å². The molecule has 9 nitrogen and oxygen atoms in total. The number of aryl methyl sites for hydroxylation is 1. The van der Waals surface area contributed by atoms with Crippen molar-refractivity contribution in [2.75, 3.05) is 31.6 Å². The number of hydrogen-bond acceptors (Lipinski definition) is 6. The maximum Gasteiger partial charge on any atom is 0.264 e. The Morgan fingerprint density at radius 1 is 0.830 bits per heavy atom. The van der Waals surface area contributed by atoms with Crippen LogP contribution >= 0.6 is 0 Å². The Morgan fingerprint density at radius 3 is 2.11 bits per heavy atom.